The van der Waals surface area contributed by atoms with Crippen LogP contribution >= 0.6 is 0 Å². The molecule has 4 saturated carbocycles. The smallest absolute Gasteiger partial charge is 0.330 e. The van der Waals surface area contributed by atoms with E-state index in [4.69, 9.17) is 4.74 Å². The Bertz CT molecular complexity index is 362. The standard InChI is InChI=1S/C16H22O2/c1-2-18-16(17)5-3-4-15-13-7-11-6-12(9-13)10-14(15)8-11/h3-5,11-14H,2,6-10H2,1H3. The maximum Gasteiger partial charge on any atom is 0.330 e. The van der Waals surface area contributed by atoms with Crippen LogP contribution in [-0.2, 0) is 9.53 Å². The number of hydrogen-bond donors (Lipinski definition) is 0. The van der Waals surface area contributed by atoms with Crippen molar-refractivity contribution in [2.45, 2.75) is 39.0 Å². The van der Waals surface area contributed by atoms with Crippen LogP contribution in [0.25, 0.3) is 0 Å². The van der Waals surface area contributed by atoms with Crippen LogP contribution in [0.15, 0.2) is 23.8 Å². The largest absolute Gasteiger partial charge is 0.463 e. The molecular weight excluding hydrogens is 224 g/mol. The van der Waals surface area contributed by atoms with Gasteiger partial charge in [-0.1, -0.05) is 17.7 Å². The third kappa shape index (κ3) is 2.25. The highest BCUT2D eigenvalue weighted by Gasteiger charge is 2.44. The van der Waals surface area contributed by atoms with E-state index in [1.54, 1.807) is 11.6 Å². The van der Waals surface area contributed by atoms with E-state index >= 15 is 0 Å². The minimum absolute atomic E-state index is 0.224. The van der Waals surface area contributed by atoms with Gasteiger partial charge in [0, 0.05) is 6.08 Å². The van der Waals surface area contributed by atoms with Crippen LogP contribution in [0.2, 0.25) is 0 Å². The summed E-state index contributed by atoms with van der Waals surface area (Å²) in [5, 5.41) is 0. The molecule has 0 aliphatic heterocycles. The Morgan fingerprint density at radius 1 is 1.17 bits per heavy atom. The first-order chi connectivity index (χ1) is 8.76. The van der Waals surface area contributed by atoms with Crippen molar-refractivity contribution in [3.05, 3.63) is 23.8 Å². The summed E-state index contributed by atoms with van der Waals surface area (Å²) in [4.78, 5) is 11.3. The summed E-state index contributed by atoms with van der Waals surface area (Å²) in [7, 11) is 0. The van der Waals surface area contributed by atoms with Gasteiger partial charge in [0.25, 0.3) is 0 Å². The molecule has 0 atom stereocenters. The van der Waals surface area contributed by atoms with E-state index < -0.39 is 0 Å². The lowest BCUT2D eigenvalue weighted by atomic mass is 9.54. The molecule has 4 aliphatic rings. The number of hydrogen-bond acceptors (Lipinski definition) is 2. The topological polar surface area (TPSA) is 26.3 Å². The third-order valence-electron chi connectivity index (χ3n) is 4.89. The Hall–Kier alpha value is -1.05. The summed E-state index contributed by atoms with van der Waals surface area (Å²) in [6.45, 7) is 2.29. The highest BCUT2D eigenvalue weighted by atomic mass is 16.5. The van der Waals surface area contributed by atoms with E-state index in [0.29, 0.717) is 6.61 Å². The van der Waals surface area contributed by atoms with Crippen LogP contribution in [0.1, 0.15) is 39.0 Å². The summed E-state index contributed by atoms with van der Waals surface area (Å²) in [6.07, 6.45) is 12.7. The van der Waals surface area contributed by atoms with Gasteiger partial charge in [-0.2, -0.15) is 0 Å². The maximum absolute atomic E-state index is 11.3. The van der Waals surface area contributed by atoms with Crippen molar-refractivity contribution in [3.63, 3.8) is 0 Å². The predicted molar refractivity (Wildman–Crippen MR) is 70.9 cm³/mol. The fourth-order valence-corrected chi connectivity index (χ4v) is 4.43. The van der Waals surface area contributed by atoms with Gasteiger partial charge >= 0.3 is 5.97 Å². The molecule has 4 fully saturated rings. The van der Waals surface area contributed by atoms with Gasteiger partial charge in [-0.05, 0) is 62.7 Å². The zero-order chi connectivity index (χ0) is 12.5. The fourth-order valence-electron chi connectivity index (χ4n) is 4.43. The highest BCUT2D eigenvalue weighted by Crippen LogP contribution is 2.56. The van der Waals surface area contributed by atoms with Crippen molar-refractivity contribution in [1.82, 2.24) is 0 Å². The van der Waals surface area contributed by atoms with Gasteiger partial charge in [0.05, 0.1) is 6.61 Å². The van der Waals surface area contributed by atoms with E-state index in [0.717, 1.165) is 23.7 Å². The van der Waals surface area contributed by atoms with Crippen molar-refractivity contribution in [3.8, 4) is 0 Å². The van der Waals surface area contributed by atoms with Gasteiger partial charge in [0.2, 0.25) is 0 Å². The molecule has 0 spiro atoms. The zero-order valence-corrected chi connectivity index (χ0v) is 11.1. The zero-order valence-electron chi connectivity index (χ0n) is 11.1. The monoisotopic (exact) mass is 246 g/mol. The maximum atomic E-state index is 11.3. The number of rotatable bonds is 3. The molecule has 0 heterocycles. The molecule has 2 heteroatoms. The Morgan fingerprint density at radius 3 is 2.33 bits per heavy atom. The van der Waals surface area contributed by atoms with E-state index in [9.17, 15) is 4.79 Å². The highest BCUT2D eigenvalue weighted by molar-refractivity contribution is 5.82. The average Bonchev–Trinajstić information content (AvgIpc) is 2.32. The quantitative estimate of drug-likeness (QED) is 0.563. The molecule has 0 radical (unpaired) electrons. The molecule has 0 aromatic carbocycles. The molecule has 2 nitrogen and oxygen atoms in total. The number of allylic oxidation sites excluding steroid dienone is 3. The van der Waals surface area contributed by atoms with Crippen molar-refractivity contribution >= 4 is 5.97 Å². The summed E-state index contributed by atoms with van der Waals surface area (Å²) >= 11 is 0. The molecule has 0 amide bonds. The molecular formula is C16H22O2. The first kappa shape index (κ1) is 12.0. The Morgan fingerprint density at radius 2 is 1.78 bits per heavy atom. The number of ether oxygens (including phenoxy) is 1. The molecule has 4 bridgehead atoms. The van der Waals surface area contributed by atoms with Crippen molar-refractivity contribution < 1.29 is 9.53 Å². The van der Waals surface area contributed by atoms with Gasteiger partial charge < -0.3 is 4.74 Å². The molecule has 0 aromatic heterocycles. The van der Waals surface area contributed by atoms with E-state index in [1.807, 2.05) is 13.0 Å². The van der Waals surface area contributed by atoms with Gasteiger partial charge in [-0.25, -0.2) is 4.79 Å². The van der Waals surface area contributed by atoms with Gasteiger partial charge in [-0.15, -0.1) is 0 Å². The normalized spacial score (nSPS) is 37.3. The van der Waals surface area contributed by atoms with Crippen LogP contribution in [-0.4, -0.2) is 12.6 Å². The SMILES string of the molecule is CCOC(=O)C=CC=C1C2CC3CC(C2)CC1C3. The van der Waals surface area contributed by atoms with Crippen molar-refractivity contribution in [2.75, 3.05) is 6.61 Å². The molecule has 4 rings (SSSR count). The molecule has 0 unspecified atom stereocenters. The first-order valence-electron chi connectivity index (χ1n) is 7.31. The molecule has 0 aromatic rings. The second-order valence-electron chi connectivity index (χ2n) is 6.08. The lowest BCUT2D eigenvalue weighted by Gasteiger charge is -2.51. The summed E-state index contributed by atoms with van der Waals surface area (Å²) < 4.78 is 4.89. The second-order valence-corrected chi connectivity index (χ2v) is 6.08. The van der Waals surface area contributed by atoms with Crippen molar-refractivity contribution in [1.29, 1.82) is 0 Å². The Balaban J connectivity index is 1.67. The molecule has 18 heavy (non-hydrogen) atoms. The minimum Gasteiger partial charge on any atom is -0.463 e. The van der Waals surface area contributed by atoms with Crippen LogP contribution in [0.3, 0.4) is 0 Å². The number of esters is 1. The molecule has 98 valence electrons. The van der Waals surface area contributed by atoms with Crippen LogP contribution in [0, 0.1) is 23.7 Å². The number of carbonyl (C=O) groups excluding carboxylic acids is 1. The van der Waals surface area contributed by atoms with E-state index in [-0.39, 0.29) is 5.97 Å². The first-order valence-corrected chi connectivity index (χ1v) is 7.31. The predicted octanol–water partition coefficient (Wildman–Crippen LogP) is 3.49. The van der Waals surface area contributed by atoms with Gasteiger partial charge in [-0.3, -0.25) is 0 Å². The average molecular weight is 246 g/mol. The van der Waals surface area contributed by atoms with E-state index in [1.165, 1.54) is 32.1 Å². The summed E-state index contributed by atoms with van der Waals surface area (Å²) in [5.41, 5.74) is 1.61. The van der Waals surface area contributed by atoms with Gasteiger partial charge in [0.15, 0.2) is 0 Å². The summed E-state index contributed by atoms with van der Waals surface area (Å²) in [5.74, 6) is 3.40. The van der Waals surface area contributed by atoms with Crippen LogP contribution < -0.4 is 0 Å². The fraction of sp³-hybridized carbons (Fsp3) is 0.688. The Kier molecular flexibility index (Phi) is 3.27. The summed E-state index contributed by atoms with van der Waals surface area (Å²) in [6, 6.07) is 0. The van der Waals surface area contributed by atoms with Crippen molar-refractivity contribution in [2.24, 2.45) is 23.7 Å². The molecule has 0 N–H and O–H groups in total. The van der Waals surface area contributed by atoms with E-state index in [2.05, 4.69) is 6.08 Å². The second kappa shape index (κ2) is 4.91. The number of carbonyl (C=O) groups is 1. The van der Waals surface area contributed by atoms with Gasteiger partial charge in [0.1, 0.15) is 0 Å². The van der Waals surface area contributed by atoms with Crippen LogP contribution in [0.5, 0.6) is 0 Å². The van der Waals surface area contributed by atoms with Crippen LogP contribution in [0.4, 0.5) is 0 Å². The molecule has 4 aliphatic carbocycles. The Labute approximate surface area is 109 Å². The third-order valence-corrected chi connectivity index (χ3v) is 4.89. The lowest BCUT2D eigenvalue weighted by molar-refractivity contribution is -0.137. The minimum atomic E-state index is -0.224. The molecule has 0 saturated heterocycles. The lowest BCUT2D eigenvalue weighted by Crippen LogP contribution is -2.40.